The molecular formula is C14H14O3. The predicted molar refractivity (Wildman–Crippen MR) is 64.5 cm³/mol. The van der Waals surface area contributed by atoms with Gasteiger partial charge >= 0.3 is 0 Å². The summed E-state index contributed by atoms with van der Waals surface area (Å²) in [5.74, 6) is -0.482. The average Bonchev–Trinajstić information content (AvgIpc) is 2.25. The van der Waals surface area contributed by atoms with E-state index in [1.54, 1.807) is 19.9 Å². The molecule has 0 fully saturated rings. The number of phenols is 1. The van der Waals surface area contributed by atoms with E-state index in [1.165, 1.54) is 6.07 Å². The van der Waals surface area contributed by atoms with Crippen LogP contribution in [-0.2, 0) is 0 Å². The number of rotatable bonds is 1. The first-order chi connectivity index (χ1) is 7.97. The van der Waals surface area contributed by atoms with Crippen molar-refractivity contribution in [3.05, 3.63) is 40.0 Å². The topological polar surface area (TPSA) is 54.4 Å². The SMILES string of the molecule is CCC1=C(C)C(=O)c2cc(C)cc(O)c2C1=O. The van der Waals surface area contributed by atoms with E-state index in [-0.39, 0.29) is 22.9 Å². The first-order valence-electron chi connectivity index (χ1n) is 5.60. The smallest absolute Gasteiger partial charge is 0.193 e. The number of carbonyl (C=O) groups is 2. The predicted octanol–water partition coefficient (Wildman–Crippen LogP) is 2.81. The van der Waals surface area contributed by atoms with Crippen molar-refractivity contribution in [3.8, 4) is 5.75 Å². The molecule has 0 unspecified atom stereocenters. The van der Waals surface area contributed by atoms with Crippen molar-refractivity contribution in [1.82, 2.24) is 0 Å². The number of phenolic OH excluding ortho intramolecular Hbond substituents is 1. The minimum atomic E-state index is -0.225. The Labute approximate surface area is 99.8 Å². The number of carbonyl (C=O) groups excluding carboxylic acids is 2. The van der Waals surface area contributed by atoms with Gasteiger partial charge in [0.15, 0.2) is 11.6 Å². The van der Waals surface area contributed by atoms with Crippen molar-refractivity contribution in [2.75, 3.05) is 0 Å². The number of allylic oxidation sites excluding steroid dienone is 2. The lowest BCUT2D eigenvalue weighted by Crippen LogP contribution is -2.21. The first-order valence-corrected chi connectivity index (χ1v) is 5.60. The molecule has 3 nitrogen and oxygen atoms in total. The number of hydrogen-bond acceptors (Lipinski definition) is 3. The number of fused-ring (bicyclic) bond motifs is 1. The molecule has 0 heterocycles. The van der Waals surface area contributed by atoms with Crippen LogP contribution in [0.3, 0.4) is 0 Å². The van der Waals surface area contributed by atoms with Crippen LogP contribution < -0.4 is 0 Å². The van der Waals surface area contributed by atoms with Crippen molar-refractivity contribution in [3.63, 3.8) is 0 Å². The van der Waals surface area contributed by atoms with Crippen LogP contribution in [0.4, 0.5) is 0 Å². The molecule has 17 heavy (non-hydrogen) atoms. The molecule has 0 atom stereocenters. The van der Waals surface area contributed by atoms with Gasteiger partial charge in [-0.3, -0.25) is 9.59 Å². The summed E-state index contributed by atoms with van der Waals surface area (Å²) in [7, 11) is 0. The molecular weight excluding hydrogens is 216 g/mol. The molecule has 0 amide bonds. The first kappa shape index (κ1) is 11.6. The highest BCUT2D eigenvalue weighted by Gasteiger charge is 2.31. The maximum absolute atomic E-state index is 12.2. The highest BCUT2D eigenvalue weighted by Crippen LogP contribution is 2.33. The maximum atomic E-state index is 12.2. The van der Waals surface area contributed by atoms with E-state index in [0.717, 1.165) is 5.56 Å². The third-order valence-electron chi connectivity index (χ3n) is 3.15. The molecule has 0 radical (unpaired) electrons. The van der Waals surface area contributed by atoms with Crippen molar-refractivity contribution < 1.29 is 14.7 Å². The zero-order valence-electron chi connectivity index (χ0n) is 10.1. The number of ketones is 2. The Morgan fingerprint density at radius 3 is 2.35 bits per heavy atom. The largest absolute Gasteiger partial charge is 0.507 e. The van der Waals surface area contributed by atoms with Crippen LogP contribution in [0, 0.1) is 6.92 Å². The minimum absolute atomic E-state index is 0.100. The van der Waals surface area contributed by atoms with E-state index in [0.29, 0.717) is 23.1 Å². The second kappa shape index (κ2) is 3.84. The van der Waals surface area contributed by atoms with Crippen LogP contribution in [-0.4, -0.2) is 16.7 Å². The summed E-state index contributed by atoms with van der Waals surface area (Å²) in [4.78, 5) is 24.3. The number of hydrogen-bond donors (Lipinski definition) is 1. The molecule has 1 N–H and O–H groups in total. The van der Waals surface area contributed by atoms with Crippen molar-refractivity contribution in [1.29, 1.82) is 0 Å². The van der Waals surface area contributed by atoms with Gasteiger partial charge in [0.2, 0.25) is 0 Å². The van der Waals surface area contributed by atoms with Crippen molar-refractivity contribution >= 4 is 11.6 Å². The summed E-state index contributed by atoms with van der Waals surface area (Å²) in [5, 5.41) is 9.83. The van der Waals surface area contributed by atoms with Gasteiger partial charge in [-0.2, -0.15) is 0 Å². The summed E-state index contributed by atoms with van der Waals surface area (Å²) < 4.78 is 0. The van der Waals surface area contributed by atoms with Gasteiger partial charge in [0.05, 0.1) is 5.56 Å². The molecule has 0 bridgehead atoms. The lowest BCUT2D eigenvalue weighted by Gasteiger charge is -2.19. The van der Waals surface area contributed by atoms with E-state index in [9.17, 15) is 14.7 Å². The van der Waals surface area contributed by atoms with Gasteiger partial charge in [0, 0.05) is 16.7 Å². The molecule has 1 aliphatic carbocycles. The Morgan fingerprint density at radius 2 is 1.76 bits per heavy atom. The molecule has 1 aliphatic rings. The maximum Gasteiger partial charge on any atom is 0.193 e. The van der Waals surface area contributed by atoms with Gasteiger partial charge in [-0.15, -0.1) is 0 Å². The van der Waals surface area contributed by atoms with Crippen LogP contribution in [0.25, 0.3) is 0 Å². The lowest BCUT2D eigenvalue weighted by atomic mass is 9.82. The second-order valence-corrected chi connectivity index (χ2v) is 4.32. The van der Waals surface area contributed by atoms with Crippen LogP contribution in [0.5, 0.6) is 5.75 Å². The van der Waals surface area contributed by atoms with E-state index < -0.39 is 0 Å². The fourth-order valence-electron chi connectivity index (χ4n) is 2.27. The van der Waals surface area contributed by atoms with Crippen LogP contribution in [0.2, 0.25) is 0 Å². The van der Waals surface area contributed by atoms with E-state index in [1.807, 2.05) is 6.92 Å². The lowest BCUT2D eigenvalue weighted by molar-refractivity contribution is 0.0970. The highest BCUT2D eigenvalue weighted by atomic mass is 16.3. The molecule has 0 saturated heterocycles. The summed E-state index contributed by atoms with van der Waals surface area (Å²) >= 11 is 0. The standard InChI is InChI=1S/C14H14O3/c1-4-9-8(3)13(16)10-5-7(2)6-11(15)12(10)14(9)17/h5-6,15H,4H2,1-3H3. The highest BCUT2D eigenvalue weighted by molar-refractivity contribution is 6.27. The molecule has 0 aliphatic heterocycles. The number of aryl methyl sites for hydroxylation is 1. The van der Waals surface area contributed by atoms with Crippen LogP contribution >= 0.6 is 0 Å². The van der Waals surface area contributed by atoms with Crippen LogP contribution in [0.15, 0.2) is 23.3 Å². The second-order valence-electron chi connectivity index (χ2n) is 4.32. The fourth-order valence-corrected chi connectivity index (χ4v) is 2.27. The van der Waals surface area contributed by atoms with Gasteiger partial charge in [0.1, 0.15) is 5.75 Å². The minimum Gasteiger partial charge on any atom is -0.507 e. The van der Waals surface area contributed by atoms with Crippen molar-refractivity contribution in [2.24, 2.45) is 0 Å². The van der Waals surface area contributed by atoms with Gasteiger partial charge in [-0.1, -0.05) is 6.92 Å². The zero-order chi connectivity index (χ0) is 12.7. The van der Waals surface area contributed by atoms with E-state index >= 15 is 0 Å². The quantitative estimate of drug-likeness (QED) is 0.807. The monoisotopic (exact) mass is 230 g/mol. The molecule has 3 heteroatoms. The van der Waals surface area contributed by atoms with Crippen molar-refractivity contribution in [2.45, 2.75) is 27.2 Å². The molecule has 2 rings (SSSR count). The molecule has 1 aromatic rings. The van der Waals surface area contributed by atoms with Gasteiger partial charge in [-0.05, 0) is 38.0 Å². The Balaban J connectivity index is 2.77. The van der Waals surface area contributed by atoms with E-state index in [2.05, 4.69) is 0 Å². The third kappa shape index (κ3) is 1.58. The molecule has 0 aromatic heterocycles. The third-order valence-corrected chi connectivity index (χ3v) is 3.15. The Bertz CT molecular complexity index is 565. The summed E-state index contributed by atoms with van der Waals surface area (Å²) in [6.45, 7) is 5.29. The Morgan fingerprint density at radius 1 is 1.12 bits per heavy atom. The Kier molecular flexibility index (Phi) is 2.62. The van der Waals surface area contributed by atoms with Gasteiger partial charge in [0.25, 0.3) is 0 Å². The van der Waals surface area contributed by atoms with E-state index in [4.69, 9.17) is 0 Å². The average molecular weight is 230 g/mol. The fraction of sp³-hybridized carbons (Fsp3) is 0.286. The number of aromatic hydroxyl groups is 1. The van der Waals surface area contributed by atoms with Gasteiger partial charge in [-0.25, -0.2) is 0 Å². The number of benzene rings is 1. The summed E-state index contributed by atoms with van der Waals surface area (Å²) in [6.07, 6.45) is 0.503. The molecule has 1 aromatic carbocycles. The van der Waals surface area contributed by atoms with Gasteiger partial charge < -0.3 is 5.11 Å². The van der Waals surface area contributed by atoms with Crippen LogP contribution in [0.1, 0.15) is 46.5 Å². The normalized spacial score (nSPS) is 15.2. The summed E-state index contributed by atoms with van der Waals surface area (Å²) in [5.41, 5.74) is 2.25. The molecule has 0 spiro atoms. The molecule has 0 saturated carbocycles. The number of Topliss-reactive ketones (excluding diaryl/α,β-unsaturated/α-hetero) is 2. The summed E-state index contributed by atoms with van der Waals surface area (Å²) in [6, 6.07) is 3.17. The zero-order valence-corrected chi connectivity index (χ0v) is 10.1. The molecule has 88 valence electrons. The Hall–Kier alpha value is -1.90.